The summed E-state index contributed by atoms with van der Waals surface area (Å²) in [5.74, 6) is 0.247. The molecule has 2 aliphatic rings. The molecule has 0 radical (unpaired) electrons. The molecule has 0 aromatic carbocycles. The van der Waals surface area contributed by atoms with Gasteiger partial charge in [0.25, 0.3) is 0 Å². The van der Waals surface area contributed by atoms with Crippen molar-refractivity contribution in [3.05, 3.63) is 0 Å². The molecule has 2 rings (SSSR count). The Morgan fingerprint density at radius 3 is 2.41 bits per heavy atom. The van der Waals surface area contributed by atoms with Gasteiger partial charge in [-0.3, -0.25) is 0 Å². The minimum atomic E-state index is -0.457. The molecule has 1 saturated heterocycles. The predicted molar refractivity (Wildman–Crippen MR) is 66.9 cm³/mol. The molecule has 0 amide bonds. The zero-order chi connectivity index (χ0) is 12.3. The highest BCUT2D eigenvalue weighted by Crippen LogP contribution is 2.38. The predicted octanol–water partition coefficient (Wildman–Crippen LogP) is 3.12. The Hall–Kier alpha value is -0.120. The molecule has 3 atom stereocenters. The van der Waals surface area contributed by atoms with Gasteiger partial charge in [0.05, 0.1) is 12.2 Å². The van der Waals surface area contributed by atoms with Crippen molar-refractivity contribution >= 4 is 0 Å². The summed E-state index contributed by atoms with van der Waals surface area (Å²) in [6.45, 7) is 2.04. The maximum absolute atomic E-state index is 6.19. The number of hydrogen-bond acceptors (Lipinski definition) is 3. The van der Waals surface area contributed by atoms with Gasteiger partial charge in [0, 0.05) is 27.1 Å². The summed E-state index contributed by atoms with van der Waals surface area (Å²) < 4.78 is 17.3. The molecular formula is C14H26O3. The smallest absolute Gasteiger partial charge is 0.167 e. The second kappa shape index (κ2) is 5.68. The van der Waals surface area contributed by atoms with E-state index >= 15 is 0 Å². The summed E-state index contributed by atoms with van der Waals surface area (Å²) in [6, 6.07) is 0. The highest BCUT2D eigenvalue weighted by atomic mass is 16.7. The highest BCUT2D eigenvalue weighted by Gasteiger charge is 2.41. The van der Waals surface area contributed by atoms with E-state index in [9.17, 15) is 0 Å². The third-order valence-electron chi connectivity index (χ3n) is 4.44. The minimum absolute atomic E-state index is 0.278. The molecule has 17 heavy (non-hydrogen) atoms. The summed E-state index contributed by atoms with van der Waals surface area (Å²) in [5, 5.41) is 0. The van der Waals surface area contributed by atoms with E-state index in [-0.39, 0.29) is 6.10 Å². The average Bonchev–Trinajstić information content (AvgIpc) is 2.39. The van der Waals surface area contributed by atoms with Crippen LogP contribution in [-0.4, -0.2) is 32.2 Å². The Bertz CT molecular complexity index is 238. The SMILES string of the molecule is CO[C@H]1C[C@@H](C2CCCCC2)O[C@](C)(OC)C1. The molecule has 0 aromatic rings. The summed E-state index contributed by atoms with van der Waals surface area (Å²) in [5.41, 5.74) is 0. The monoisotopic (exact) mass is 242 g/mol. The van der Waals surface area contributed by atoms with Gasteiger partial charge in [-0.05, 0) is 25.7 Å². The van der Waals surface area contributed by atoms with Crippen LogP contribution in [0, 0.1) is 5.92 Å². The molecule has 100 valence electrons. The van der Waals surface area contributed by atoms with Crippen LogP contribution in [0.2, 0.25) is 0 Å². The number of methoxy groups -OCH3 is 2. The molecular weight excluding hydrogens is 216 g/mol. The third kappa shape index (κ3) is 3.21. The van der Waals surface area contributed by atoms with Crippen LogP contribution >= 0.6 is 0 Å². The summed E-state index contributed by atoms with van der Waals surface area (Å²) in [4.78, 5) is 0. The fraction of sp³-hybridized carbons (Fsp3) is 1.00. The minimum Gasteiger partial charge on any atom is -0.381 e. The van der Waals surface area contributed by atoms with E-state index in [4.69, 9.17) is 14.2 Å². The quantitative estimate of drug-likeness (QED) is 0.761. The van der Waals surface area contributed by atoms with Crippen LogP contribution in [0.25, 0.3) is 0 Å². The van der Waals surface area contributed by atoms with Crippen molar-refractivity contribution in [2.24, 2.45) is 5.92 Å². The lowest BCUT2D eigenvalue weighted by Crippen LogP contribution is -2.48. The van der Waals surface area contributed by atoms with E-state index in [2.05, 4.69) is 0 Å². The second-order valence-corrected chi connectivity index (χ2v) is 5.69. The van der Waals surface area contributed by atoms with E-state index in [1.807, 2.05) is 6.92 Å². The first-order chi connectivity index (χ1) is 8.17. The van der Waals surface area contributed by atoms with Crippen LogP contribution in [0.5, 0.6) is 0 Å². The fourth-order valence-electron chi connectivity index (χ4n) is 3.28. The van der Waals surface area contributed by atoms with Crippen LogP contribution < -0.4 is 0 Å². The Morgan fingerprint density at radius 2 is 1.82 bits per heavy atom. The van der Waals surface area contributed by atoms with Crippen LogP contribution in [0.3, 0.4) is 0 Å². The number of hydrogen-bond donors (Lipinski definition) is 0. The van der Waals surface area contributed by atoms with Gasteiger partial charge >= 0.3 is 0 Å². The first-order valence-electron chi connectivity index (χ1n) is 6.92. The van der Waals surface area contributed by atoms with Gasteiger partial charge in [-0.1, -0.05) is 19.3 Å². The molecule has 0 unspecified atom stereocenters. The van der Waals surface area contributed by atoms with Crippen molar-refractivity contribution in [3.63, 3.8) is 0 Å². The van der Waals surface area contributed by atoms with Crippen molar-refractivity contribution in [2.75, 3.05) is 14.2 Å². The standard InChI is InChI=1S/C14H26O3/c1-14(16-3)10-12(15-2)9-13(17-14)11-7-5-4-6-8-11/h11-13H,4-10H2,1-3H3/t12-,13-,14-/m0/s1. The average molecular weight is 242 g/mol. The van der Waals surface area contributed by atoms with Crippen LogP contribution in [-0.2, 0) is 14.2 Å². The van der Waals surface area contributed by atoms with E-state index in [0.717, 1.165) is 12.8 Å². The molecule has 1 heterocycles. The highest BCUT2D eigenvalue weighted by molar-refractivity contribution is 4.86. The van der Waals surface area contributed by atoms with Crippen LogP contribution in [0.1, 0.15) is 51.9 Å². The van der Waals surface area contributed by atoms with Gasteiger partial charge in [0.2, 0.25) is 0 Å². The topological polar surface area (TPSA) is 27.7 Å². The molecule has 0 N–H and O–H groups in total. The van der Waals surface area contributed by atoms with Crippen molar-refractivity contribution in [1.82, 2.24) is 0 Å². The number of rotatable bonds is 3. The van der Waals surface area contributed by atoms with Crippen molar-refractivity contribution in [1.29, 1.82) is 0 Å². The molecule has 2 fully saturated rings. The maximum atomic E-state index is 6.19. The molecule has 3 nitrogen and oxygen atoms in total. The Kier molecular flexibility index (Phi) is 4.45. The molecule has 1 saturated carbocycles. The van der Waals surface area contributed by atoms with E-state index in [1.54, 1.807) is 14.2 Å². The third-order valence-corrected chi connectivity index (χ3v) is 4.44. The molecule has 0 aromatic heterocycles. The lowest BCUT2D eigenvalue weighted by molar-refractivity contribution is -0.287. The van der Waals surface area contributed by atoms with E-state index in [0.29, 0.717) is 12.0 Å². The first-order valence-corrected chi connectivity index (χ1v) is 6.92. The molecule has 3 heteroatoms. The lowest BCUT2D eigenvalue weighted by atomic mass is 9.81. The largest absolute Gasteiger partial charge is 0.381 e. The van der Waals surface area contributed by atoms with Crippen LogP contribution in [0.15, 0.2) is 0 Å². The van der Waals surface area contributed by atoms with E-state index in [1.165, 1.54) is 32.1 Å². The normalized spacial score (nSPS) is 40.4. The summed E-state index contributed by atoms with van der Waals surface area (Å²) >= 11 is 0. The van der Waals surface area contributed by atoms with Crippen molar-refractivity contribution < 1.29 is 14.2 Å². The maximum Gasteiger partial charge on any atom is 0.167 e. The van der Waals surface area contributed by atoms with Gasteiger partial charge in [-0.2, -0.15) is 0 Å². The summed E-state index contributed by atoms with van der Waals surface area (Å²) in [7, 11) is 3.53. The van der Waals surface area contributed by atoms with Gasteiger partial charge in [0.15, 0.2) is 5.79 Å². The van der Waals surface area contributed by atoms with Gasteiger partial charge in [-0.25, -0.2) is 0 Å². The second-order valence-electron chi connectivity index (χ2n) is 5.69. The zero-order valence-corrected chi connectivity index (χ0v) is 11.4. The lowest BCUT2D eigenvalue weighted by Gasteiger charge is -2.44. The molecule has 1 aliphatic heterocycles. The van der Waals surface area contributed by atoms with Gasteiger partial charge in [0.1, 0.15) is 0 Å². The molecule has 1 aliphatic carbocycles. The van der Waals surface area contributed by atoms with E-state index < -0.39 is 5.79 Å². The Morgan fingerprint density at radius 1 is 1.12 bits per heavy atom. The molecule has 0 bridgehead atoms. The van der Waals surface area contributed by atoms with Gasteiger partial charge < -0.3 is 14.2 Å². The number of ether oxygens (including phenoxy) is 3. The molecule has 0 spiro atoms. The van der Waals surface area contributed by atoms with Gasteiger partial charge in [-0.15, -0.1) is 0 Å². The first kappa shape index (κ1) is 13.3. The van der Waals surface area contributed by atoms with Crippen molar-refractivity contribution in [3.8, 4) is 0 Å². The van der Waals surface area contributed by atoms with Crippen molar-refractivity contribution in [2.45, 2.75) is 69.9 Å². The zero-order valence-electron chi connectivity index (χ0n) is 11.4. The van der Waals surface area contributed by atoms with Crippen LogP contribution in [0.4, 0.5) is 0 Å². The summed E-state index contributed by atoms with van der Waals surface area (Å²) in [6.07, 6.45) is 9.17. The fourth-order valence-corrected chi connectivity index (χ4v) is 3.28. The Balaban J connectivity index is 2.00. The Labute approximate surface area is 105 Å².